The molecule has 0 spiro atoms. The van der Waals surface area contributed by atoms with Crippen LogP contribution in [0.4, 0.5) is 0 Å². The van der Waals surface area contributed by atoms with E-state index in [1.807, 2.05) is 0 Å². The minimum Gasteiger partial charge on any atom is -1.00 e. The maximum absolute atomic E-state index is 2.36. The normalized spacial score (nSPS) is 15.0. The van der Waals surface area contributed by atoms with Crippen LogP contribution in [0.5, 0.6) is 0 Å². The smallest absolute Gasteiger partial charge is 1.00 e. The van der Waals surface area contributed by atoms with Crippen molar-refractivity contribution < 1.29 is 53.4 Å². The molecule has 46 valence electrons. The first-order chi connectivity index (χ1) is 2.50. The summed E-state index contributed by atoms with van der Waals surface area (Å²) < 4.78 is 0. The van der Waals surface area contributed by atoms with Crippen LogP contribution in [0.1, 0.15) is 25.7 Å². The van der Waals surface area contributed by atoms with Crippen LogP contribution < -0.4 is 34.0 Å². The first-order valence-electron chi connectivity index (χ1n) is 2.32. The van der Waals surface area contributed by atoms with E-state index in [1.54, 1.807) is 0 Å². The van der Waals surface area contributed by atoms with Crippen molar-refractivity contribution in [2.45, 2.75) is 25.7 Å². The molecule has 3 heteroatoms. The second kappa shape index (κ2) is 11.4. The molecule has 1 saturated carbocycles. The zero-order valence-corrected chi connectivity index (χ0v) is 11.0. The molecule has 0 aromatic rings. The van der Waals surface area contributed by atoms with Gasteiger partial charge in [0.1, 0.15) is 0 Å². The SMILES string of the molecule is [Br-].[Br-].[CH-]1CCCC1.[Zn+2]. The fourth-order valence-electron chi connectivity index (χ4n) is 0.722. The minimum atomic E-state index is 0. The third kappa shape index (κ3) is 7.58. The van der Waals surface area contributed by atoms with Crippen molar-refractivity contribution >= 4 is 0 Å². The average molecular weight is 294 g/mol. The molecule has 0 aliphatic heterocycles. The zero-order valence-electron chi connectivity index (χ0n) is 4.87. The second-order valence-corrected chi connectivity index (χ2v) is 1.57. The van der Waals surface area contributed by atoms with Gasteiger partial charge in [0.15, 0.2) is 0 Å². The summed E-state index contributed by atoms with van der Waals surface area (Å²) in [5.74, 6) is 0. The van der Waals surface area contributed by atoms with Gasteiger partial charge in [0.25, 0.3) is 0 Å². The molecule has 0 unspecified atom stereocenters. The molecule has 1 aliphatic carbocycles. The summed E-state index contributed by atoms with van der Waals surface area (Å²) in [5.41, 5.74) is 0. The number of hydrogen-bond donors (Lipinski definition) is 0. The van der Waals surface area contributed by atoms with Crippen molar-refractivity contribution in [1.29, 1.82) is 0 Å². The fraction of sp³-hybridized carbons (Fsp3) is 0.800. The molecule has 1 aliphatic rings. The molecule has 0 radical (unpaired) electrons. The first-order valence-corrected chi connectivity index (χ1v) is 2.32. The molecule has 0 aromatic carbocycles. The fourth-order valence-corrected chi connectivity index (χ4v) is 0.722. The second-order valence-electron chi connectivity index (χ2n) is 1.57. The van der Waals surface area contributed by atoms with Gasteiger partial charge in [-0.25, -0.2) is 0 Å². The molecule has 0 atom stereocenters. The topological polar surface area (TPSA) is 0 Å². The van der Waals surface area contributed by atoms with Crippen molar-refractivity contribution in [3.8, 4) is 0 Å². The maximum atomic E-state index is 2.36. The van der Waals surface area contributed by atoms with Gasteiger partial charge in [0, 0.05) is 0 Å². The van der Waals surface area contributed by atoms with Crippen molar-refractivity contribution in [1.82, 2.24) is 0 Å². The Labute approximate surface area is 85.1 Å². The quantitative estimate of drug-likeness (QED) is 0.314. The van der Waals surface area contributed by atoms with Gasteiger partial charge in [-0.05, 0) is 0 Å². The summed E-state index contributed by atoms with van der Waals surface area (Å²) in [5, 5.41) is 0. The van der Waals surface area contributed by atoms with Crippen LogP contribution in [0.2, 0.25) is 0 Å². The largest absolute Gasteiger partial charge is 2.00 e. The number of halogens is 2. The van der Waals surface area contributed by atoms with E-state index in [0.717, 1.165) is 0 Å². The molecule has 1 fully saturated rings. The van der Waals surface area contributed by atoms with E-state index in [-0.39, 0.29) is 53.4 Å². The summed E-state index contributed by atoms with van der Waals surface area (Å²) in [4.78, 5) is 0. The third-order valence-corrected chi connectivity index (χ3v) is 1.07. The van der Waals surface area contributed by atoms with Crippen LogP contribution in [0.25, 0.3) is 0 Å². The Morgan fingerprint density at radius 3 is 1.38 bits per heavy atom. The zero-order chi connectivity index (χ0) is 3.54. The molecule has 0 bridgehead atoms. The van der Waals surface area contributed by atoms with Crippen molar-refractivity contribution in [2.24, 2.45) is 0 Å². The number of hydrogen-bond acceptors (Lipinski definition) is 0. The molecule has 0 N–H and O–H groups in total. The molecule has 1 rings (SSSR count). The Balaban J connectivity index is -0.0000000833. The van der Waals surface area contributed by atoms with Crippen LogP contribution in [0.15, 0.2) is 0 Å². The van der Waals surface area contributed by atoms with Crippen LogP contribution in [-0.2, 0) is 19.5 Å². The Hall–Kier alpha value is 1.58. The van der Waals surface area contributed by atoms with E-state index >= 15 is 0 Å². The minimum absolute atomic E-state index is 0. The molecule has 0 saturated heterocycles. The van der Waals surface area contributed by atoms with Crippen molar-refractivity contribution in [3.05, 3.63) is 6.42 Å². The molecule has 0 amide bonds. The van der Waals surface area contributed by atoms with Gasteiger partial charge in [-0.3, -0.25) is 0 Å². The van der Waals surface area contributed by atoms with E-state index < -0.39 is 0 Å². The monoisotopic (exact) mass is 291 g/mol. The van der Waals surface area contributed by atoms with Crippen LogP contribution in [0, 0.1) is 6.42 Å². The maximum Gasteiger partial charge on any atom is 2.00 e. The van der Waals surface area contributed by atoms with Crippen LogP contribution in [0.3, 0.4) is 0 Å². The standard InChI is InChI=1S/C5H9.2BrH.Zn/c1-2-4-5-3-1;;;/h1H,2-5H2;2*1H;/q-1;;;+2/p-2. The van der Waals surface area contributed by atoms with Gasteiger partial charge in [-0.2, -0.15) is 12.8 Å². The van der Waals surface area contributed by atoms with E-state index in [0.29, 0.717) is 0 Å². The van der Waals surface area contributed by atoms with Gasteiger partial charge >= 0.3 is 19.5 Å². The van der Waals surface area contributed by atoms with Gasteiger partial charge in [0.05, 0.1) is 0 Å². The molecular weight excluding hydrogens is 285 g/mol. The van der Waals surface area contributed by atoms with Gasteiger partial charge < -0.3 is 40.4 Å². The van der Waals surface area contributed by atoms with Crippen LogP contribution >= 0.6 is 0 Å². The Morgan fingerprint density at radius 1 is 0.875 bits per heavy atom. The Morgan fingerprint density at radius 2 is 1.25 bits per heavy atom. The first kappa shape index (κ1) is 16.3. The Bertz CT molecular complexity index is 22.0. The van der Waals surface area contributed by atoms with Gasteiger partial charge in [0.2, 0.25) is 0 Å². The summed E-state index contributed by atoms with van der Waals surface area (Å²) in [6.45, 7) is 0. The summed E-state index contributed by atoms with van der Waals surface area (Å²) >= 11 is 0. The molecule has 0 nitrogen and oxygen atoms in total. The number of rotatable bonds is 0. The van der Waals surface area contributed by atoms with Gasteiger partial charge in [-0.15, -0.1) is 0 Å². The summed E-state index contributed by atoms with van der Waals surface area (Å²) in [6.07, 6.45) is 8.00. The molecule has 0 heterocycles. The predicted molar refractivity (Wildman–Crippen MR) is 22.8 cm³/mol. The summed E-state index contributed by atoms with van der Waals surface area (Å²) in [7, 11) is 0. The molecular formula is C5H9Br2Zn-. The van der Waals surface area contributed by atoms with Gasteiger partial charge in [-0.1, -0.05) is 12.8 Å². The average Bonchev–Trinajstić information content (AvgIpc) is 1.76. The molecule has 0 aromatic heterocycles. The Kier molecular flexibility index (Phi) is 23.2. The van der Waals surface area contributed by atoms with Crippen molar-refractivity contribution in [2.75, 3.05) is 0 Å². The summed E-state index contributed by atoms with van der Waals surface area (Å²) in [6, 6.07) is 0. The predicted octanol–water partition coefficient (Wildman–Crippen LogP) is -4.23. The molecule has 8 heavy (non-hydrogen) atoms. The van der Waals surface area contributed by atoms with E-state index in [4.69, 9.17) is 0 Å². The van der Waals surface area contributed by atoms with E-state index in [2.05, 4.69) is 6.42 Å². The van der Waals surface area contributed by atoms with E-state index in [1.165, 1.54) is 25.7 Å². The third-order valence-electron chi connectivity index (χ3n) is 1.07. The van der Waals surface area contributed by atoms with Crippen molar-refractivity contribution in [3.63, 3.8) is 0 Å². The van der Waals surface area contributed by atoms with E-state index in [9.17, 15) is 0 Å². The van der Waals surface area contributed by atoms with Crippen LogP contribution in [-0.4, -0.2) is 0 Å².